The van der Waals surface area contributed by atoms with Crippen LogP contribution in [0.2, 0.25) is 0 Å². The molecule has 1 amide bonds. The molecule has 0 aliphatic heterocycles. The topological polar surface area (TPSA) is 98.5 Å². The highest BCUT2D eigenvalue weighted by molar-refractivity contribution is 5.81. The van der Waals surface area contributed by atoms with Crippen LogP contribution in [0.25, 0.3) is 0 Å². The number of carbonyl (C=O) groups is 2. The van der Waals surface area contributed by atoms with E-state index >= 15 is 0 Å². The molecule has 0 bridgehead atoms. The van der Waals surface area contributed by atoms with Crippen LogP contribution in [0.3, 0.4) is 0 Å². The van der Waals surface area contributed by atoms with Crippen molar-refractivity contribution < 1.29 is 19.2 Å². The molecule has 2 rings (SSSR count). The van der Waals surface area contributed by atoms with E-state index in [1.807, 2.05) is 37.3 Å². The first-order valence-corrected chi connectivity index (χ1v) is 8.69. The van der Waals surface area contributed by atoms with Crippen LogP contribution in [-0.2, 0) is 4.79 Å². The van der Waals surface area contributed by atoms with E-state index in [1.165, 1.54) is 19.1 Å². The highest BCUT2D eigenvalue weighted by atomic mass is 16.6. The third-order valence-corrected chi connectivity index (χ3v) is 4.28. The van der Waals surface area contributed by atoms with Crippen LogP contribution in [0.15, 0.2) is 48.5 Å². The lowest BCUT2D eigenvalue weighted by Gasteiger charge is -2.19. The third kappa shape index (κ3) is 5.37. The van der Waals surface area contributed by atoms with E-state index in [4.69, 9.17) is 4.74 Å². The lowest BCUT2D eigenvalue weighted by Crippen LogP contribution is -2.38. The predicted molar refractivity (Wildman–Crippen MR) is 101 cm³/mol. The summed E-state index contributed by atoms with van der Waals surface area (Å²) < 4.78 is 5.47. The molecular formula is C20H22N2O5. The van der Waals surface area contributed by atoms with E-state index in [9.17, 15) is 19.7 Å². The second-order valence-corrected chi connectivity index (χ2v) is 6.12. The summed E-state index contributed by atoms with van der Waals surface area (Å²) in [6.45, 7) is 4.01. The Labute approximate surface area is 157 Å². The first-order chi connectivity index (χ1) is 13.0. The minimum atomic E-state index is -0.918. The number of rotatable bonds is 9. The fourth-order valence-corrected chi connectivity index (χ4v) is 2.68. The fraction of sp³-hybridized carbons (Fsp3) is 0.300. The monoisotopic (exact) mass is 370 g/mol. The van der Waals surface area contributed by atoms with Gasteiger partial charge in [0.05, 0.1) is 4.92 Å². The Hall–Kier alpha value is -3.22. The van der Waals surface area contributed by atoms with Crippen LogP contribution >= 0.6 is 0 Å². The lowest BCUT2D eigenvalue weighted by atomic mass is 9.96. The molecule has 0 saturated carbocycles. The molecule has 142 valence electrons. The molecule has 0 fully saturated rings. The largest absolute Gasteiger partial charge is 0.474 e. The normalized spacial score (nSPS) is 12.7. The highest BCUT2D eigenvalue weighted by Gasteiger charge is 2.22. The minimum Gasteiger partial charge on any atom is -0.474 e. The van der Waals surface area contributed by atoms with Gasteiger partial charge in [0, 0.05) is 24.1 Å². The number of ether oxygens (including phenoxy) is 1. The molecule has 0 aliphatic rings. The van der Waals surface area contributed by atoms with Gasteiger partial charge in [-0.15, -0.1) is 0 Å². The maximum Gasteiger partial charge on any atom is 0.311 e. The van der Waals surface area contributed by atoms with Crippen molar-refractivity contribution in [1.29, 1.82) is 0 Å². The van der Waals surface area contributed by atoms with Gasteiger partial charge in [0.15, 0.2) is 11.9 Å². The quantitative estimate of drug-likeness (QED) is 0.414. The number of nitrogens with one attached hydrogen (secondary N) is 1. The number of nitrogens with zero attached hydrogens (tertiary/aromatic N) is 1. The summed E-state index contributed by atoms with van der Waals surface area (Å²) in [6, 6.07) is 13.7. The Bertz CT molecular complexity index is 807. The Kier molecular flexibility index (Phi) is 7.05. The summed E-state index contributed by atoms with van der Waals surface area (Å²) in [5, 5.41) is 14.0. The van der Waals surface area contributed by atoms with Gasteiger partial charge in [0.2, 0.25) is 0 Å². The van der Waals surface area contributed by atoms with Crippen LogP contribution in [0.5, 0.6) is 5.75 Å². The van der Waals surface area contributed by atoms with E-state index in [0.717, 1.165) is 18.1 Å². The zero-order valence-corrected chi connectivity index (χ0v) is 15.3. The minimum absolute atomic E-state index is 0.0525. The predicted octanol–water partition coefficient (Wildman–Crippen LogP) is 3.48. The number of nitro groups is 1. The highest BCUT2D eigenvalue weighted by Crippen LogP contribution is 2.28. The van der Waals surface area contributed by atoms with Gasteiger partial charge in [-0.3, -0.25) is 19.7 Å². The summed E-state index contributed by atoms with van der Waals surface area (Å²) in [4.78, 5) is 33.6. The molecule has 0 radical (unpaired) electrons. The molecule has 0 aromatic heterocycles. The van der Waals surface area contributed by atoms with Crippen LogP contribution in [0.1, 0.15) is 42.1 Å². The van der Waals surface area contributed by atoms with Gasteiger partial charge in [-0.05, 0) is 31.0 Å². The van der Waals surface area contributed by atoms with Crippen molar-refractivity contribution in [2.75, 3.05) is 6.54 Å². The van der Waals surface area contributed by atoms with Gasteiger partial charge in [-0.1, -0.05) is 37.3 Å². The van der Waals surface area contributed by atoms with E-state index < -0.39 is 11.0 Å². The van der Waals surface area contributed by atoms with Crippen LogP contribution in [-0.4, -0.2) is 29.8 Å². The maximum absolute atomic E-state index is 12.3. The smallest absolute Gasteiger partial charge is 0.311 e. The molecule has 2 aromatic carbocycles. The average Bonchev–Trinajstić information content (AvgIpc) is 2.69. The van der Waals surface area contributed by atoms with Crippen molar-refractivity contribution in [3.8, 4) is 5.75 Å². The van der Waals surface area contributed by atoms with Gasteiger partial charge < -0.3 is 10.1 Å². The molecule has 1 N–H and O–H groups in total. The van der Waals surface area contributed by atoms with Crippen molar-refractivity contribution in [1.82, 2.24) is 5.32 Å². The summed E-state index contributed by atoms with van der Waals surface area (Å²) in [7, 11) is 0. The van der Waals surface area contributed by atoms with Crippen LogP contribution < -0.4 is 10.1 Å². The average molecular weight is 370 g/mol. The summed E-state index contributed by atoms with van der Waals surface area (Å²) in [6.07, 6.45) is 0.457. The summed E-state index contributed by atoms with van der Waals surface area (Å²) in [5.41, 5.74) is 0.948. The molecule has 0 aliphatic carbocycles. The molecule has 0 saturated heterocycles. The lowest BCUT2D eigenvalue weighted by molar-refractivity contribution is -0.386. The van der Waals surface area contributed by atoms with Crippen molar-refractivity contribution in [3.05, 3.63) is 69.8 Å². The standard InChI is InChI=1S/C20H22N2O5/c1-3-16(17-7-5-4-6-8-17)12-21-20(24)14(2)27-19-10-9-15(13-23)11-18(19)22(25)26/h4-11,13-14,16H,3,12H2,1-2H3,(H,21,24)/t14-,16+/m1/s1. The zero-order valence-electron chi connectivity index (χ0n) is 15.3. The van der Waals surface area contributed by atoms with Crippen molar-refractivity contribution in [3.63, 3.8) is 0 Å². The van der Waals surface area contributed by atoms with Crippen LogP contribution in [0.4, 0.5) is 5.69 Å². The van der Waals surface area contributed by atoms with E-state index in [0.29, 0.717) is 12.8 Å². The van der Waals surface area contributed by atoms with Gasteiger partial charge in [-0.2, -0.15) is 0 Å². The van der Waals surface area contributed by atoms with Gasteiger partial charge in [0.1, 0.15) is 6.29 Å². The Morgan fingerprint density at radius 2 is 1.96 bits per heavy atom. The molecule has 27 heavy (non-hydrogen) atoms. The van der Waals surface area contributed by atoms with Gasteiger partial charge in [-0.25, -0.2) is 0 Å². The number of hydrogen-bond donors (Lipinski definition) is 1. The molecule has 7 heteroatoms. The Morgan fingerprint density at radius 3 is 2.56 bits per heavy atom. The molecule has 0 unspecified atom stereocenters. The molecule has 2 aromatic rings. The molecular weight excluding hydrogens is 348 g/mol. The molecule has 0 spiro atoms. The van der Waals surface area contributed by atoms with Crippen molar-refractivity contribution in [2.24, 2.45) is 0 Å². The number of hydrogen-bond acceptors (Lipinski definition) is 5. The first kappa shape index (κ1) is 20.1. The molecule has 7 nitrogen and oxygen atoms in total. The number of amides is 1. The maximum atomic E-state index is 12.3. The third-order valence-electron chi connectivity index (χ3n) is 4.28. The summed E-state index contributed by atoms with van der Waals surface area (Å²) >= 11 is 0. The van der Waals surface area contributed by atoms with Crippen molar-refractivity contribution >= 4 is 17.9 Å². The zero-order chi connectivity index (χ0) is 19.8. The number of benzene rings is 2. The fourth-order valence-electron chi connectivity index (χ4n) is 2.68. The first-order valence-electron chi connectivity index (χ1n) is 8.69. The number of carbonyl (C=O) groups excluding carboxylic acids is 2. The Morgan fingerprint density at radius 1 is 1.26 bits per heavy atom. The second kappa shape index (κ2) is 9.47. The van der Waals surface area contributed by atoms with Gasteiger partial charge in [0.25, 0.3) is 5.91 Å². The van der Waals surface area contributed by atoms with E-state index in [2.05, 4.69) is 5.32 Å². The second-order valence-electron chi connectivity index (χ2n) is 6.12. The number of nitro benzene ring substituents is 1. The van der Waals surface area contributed by atoms with E-state index in [-0.39, 0.29) is 28.8 Å². The summed E-state index contributed by atoms with van der Waals surface area (Å²) in [5.74, 6) is -0.245. The molecule has 0 heterocycles. The Balaban J connectivity index is 2.01. The number of aldehydes is 1. The van der Waals surface area contributed by atoms with E-state index in [1.54, 1.807) is 0 Å². The van der Waals surface area contributed by atoms with Crippen LogP contribution in [0, 0.1) is 10.1 Å². The SMILES string of the molecule is CC[C@@H](CNC(=O)[C@@H](C)Oc1ccc(C=O)cc1[N+](=O)[O-])c1ccccc1. The van der Waals surface area contributed by atoms with Gasteiger partial charge >= 0.3 is 5.69 Å². The van der Waals surface area contributed by atoms with Crippen molar-refractivity contribution in [2.45, 2.75) is 32.3 Å². The molecule has 2 atom stereocenters.